The number of nitrogens with one attached hydrogen (secondary N) is 1. The maximum absolute atomic E-state index is 11.0. The van der Waals surface area contributed by atoms with Gasteiger partial charge in [-0.25, -0.2) is 0 Å². The van der Waals surface area contributed by atoms with Crippen LogP contribution < -0.4 is 5.32 Å². The van der Waals surface area contributed by atoms with Gasteiger partial charge in [0.15, 0.2) is 0 Å². The highest BCUT2D eigenvalue weighted by Crippen LogP contribution is 2.30. The maximum Gasteiger partial charge on any atom is 0.247 e. The molecule has 1 amide bonds. The first kappa shape index (κ1) is 7.65. The van der Waals surface area contributed by atoms with Crippen molar-refractivity contribution in [3.8, 4) is 0 Å². The van der Waals surface area contributed by atoms with E-state index in [0.717, 1.165) is 25.7 Å². The largest absolute Gasteiger partial charge is 0.512 e. The molecule has 0 bridgehead atoms. The van der Waals surface area contributed by atoms with Crippen LogP contribution in [0.5, 0.6) is 0 Å². The van der Waals surface area contributed by atoms with Crippen LogP contribution in [0, 0.1) is 5.92 Å². The topological polar surface area (TPSA) is 49.3 Å². The van der Waals surface area contributed by atoms with Crippen molar-refractivity contribution in [1.29, 1.82) is 0 Å². The zero-order valence-corrected chi connectivity index (χ0v) is 6.92. The number of aliphatic hydroxyl groups is 1. The van der Waals surface area contributed by atoms with Gasteiger partial charge in [-0.2, -0.15) is 0 Å². The summed E-state index contributed by atoms with van der Waals surface area (Å²) >= 11 is 0. The van der Waals surface area contributed by atoms with Crippen LogP contribution >= 0.6 is 0 Å². The molecule has 0 aromatic rings. The molecule has 2 N–H and O–H groups in total. The first-order valence-corrected chi connectivity index (χ1v) is 4.48. The highest BCUT2D eigenvalue weighted by atomic mass is 16.3. The molecule has 12 heavy (non-hydrogen) atoms. The summed E-state index contributed by atoms with van der Waals surface area (Å²) in [6.45, 7) is 0. The smallest absolute Gasteiger partial charge is 0.247 e. The van der Waals surface area contributed by atoms with E-state index in [1.165, 1.54) is 6.08 Å². The van der Waals surface area contributed by atoms with E-state index in [1.54, 1.807) is 0 Å². The lowest BCUT2D eigenvalue weighted by Gasteiger charge is -2.34. The third kappa shape index (κ3) is 1.19. The second kappa shape index (κ2) is 2.81. The first-order chi connectivity index (χ1) is 5.77. The Bertz CT molecular complexity index is 235. The van der Waals surface area contributed by atoms with E-state index in [0.29, 0.717) is 0 Å². The Hall–Kier alpha value is -0.990. The Kier molecular flexibility index (Phi) is 1.79. The molecule has 0 aromatic carbocycles. The second-order valence-electron chi connectivity index (χ2n) is 3.58. The fourth-order valence-electron chi connectivity index (χ4n) is 2.12. The SMILES string of the molecule is O=C1C=C(O)[C@@H]2CCCC[C@@H]2N1. The molecule has 0 unspecified atom stereocenters. The van der Waals surface area contributed by atoms with E-state index in [2.05, 4.69) is 5.32 Å². The minimum Gasteiger partial charge on any atom is -0.512 e. The zero-order chi connectivity index (χ0) is 8.55. The van der Waals surface area contributed by atoms with E-state index in [9.17, 15) is 9.90 Å². The normalized spacial score (nSPS) is 35.0. The Morgan fingerprint density at radius 3 is 3.00 bits per heavy atom. The molecular formula is C9H13NO2. The molecule has 1 aliphatic heterocycles. The molecule has 2 rings (SSSR count). The van der Waals surface area contributed by atoms with Gasteiger partial charge in [-0.15, -0.1) is 0 Å². The number of hydrogen-bond acceptors (Lipinski definition) is 2. The minimum absolute atomic E-state index is 0.143. The molecule has 66 valence electrons. The van der Waals surface area contributed by atoms with E-state index in [-0.39, 0.29) is 23.6 Å². The van der Waals surface area contributed by atoms with Crippen LogP contribution in [0.15, 0.2) is 11.8 Å². The van der Waals surface area contributed by atoms with Crippen LogP contribution in [0.3, 0.4) is 0 Å². The van der Waals surface area contributed by atoms with Gasteiger partial charge in [0, 0.05) is 18.0 Å². The number of fused-ring (bicyclic) bond motifs is 1. The molecule has 3 nitrogen and oxygen atoms in total. The molecule has 2 aliphatic rings. The molecule has 0 saturated heterocycles. The number of carbonyl (C=O) groups is 1. The summed E-state index contributed by atoms with van der Waals surface area (Å²) in [4.78, 5) is 11.0. The summed E-state index contributed by atoms with van der Waals surface area (Å²) in [5.41, 5.74) is 0. The summed E-state index contributed by atoms with van der Waals surface area (Å²) in [6, 6.07) is 0.191. The number of hydrogen-bond donors (Lipinski definition) is 2. The van der Waals surface area contributed by atoms with Crippen molar-refractivity contribution in [1.82, 2.24) is 5.32 Å². The molecule has 0 spiro atoms. The van der Waals surface area contributed by atoms with E-state index >= 15 is 0 Å². The highest BCUT2D eigenvalue weighted by molar-refractivity contribution is 5.89. The molecular weight excluding hydrogens is 154 g/mol. The minimum atomic E-state index is -0.143. The van der Waals surface area contributed by atoms with Crippen molar-refractivity contribution < 1.29 is 9.90 Å². The molecule has 0 aromatic heterocycles. The third-order valence-electron chi connectivity index (χ3n) is 2.75. The Labute approximate surface area is 71.5 Å². The van der Waals surface area contributed by atoms with E-state index in [1.807, 2.05) is 0 Å². The number of aliphatic hydroxyl groups excluding tert-OH is 1. The molecule has 1 aliphatic carbocycles. The molecule has 1 saturated carbocycles. The summed E-state index contributed by atoms with van der Waals surface area (Å²) in [5.74, 6) is 0.329. The quantitative estimate of drug-likeness (QED) is 0.568. The van der Waals surface area contributed by atoms with Gasteiger partial charge >= 0.3 is 0 Å². The van der Waals surface area contributed by atoms with Gasteiger partial charge in [-0.05, 0) is 12.8 Å². The van der Waals surface area contributed by atoms with Gasteiger partial charge in [0.05, 0.1) is 0 Å². The van der Waals surface area contributed by atoms with Crippen molar-refractivity contribution in [3.63, 3.8) is 0 Å². The second-order valence-corrected chi connectivity index (χ2v) is 3.58. The highest BCUT2D eigenvalue weighted by Gasteiger charge is 2.32. The molecule has 0 radical (unpaired) electrons. The van der Waals surface area contributed by atoms with Crippen molar-refractivity contribution in [2.75, 3.05) is 0 Å². The van der Waals surface area contributed by atoms with Crippen molar-refractivity contribution >= 4 is 5.91 Å². The Morgan fingerprint density at radius 2 is 2.17 bits per heavy atom. The standard InChI is InChI=1S/C9H13NO2/c11-8-5-9(12)10-7-4-2-1-3-6(7)8/h5-7,11H,1-4H2,(H,10,12)/t6-,7+/m1/s1. The van der Waals surface area contributed by atoms with Crippen molar-refractivity contribution in [2.24, 2.45) is 5.92 Å². The molecule has 1 heterocycles. The Balaban J connectivity index is 2.19. The third-order valence-corrected chi connectivity index (χ3v) is 2.75. The van der Waals surface area contributed by atoms with Crippen LogP contribution in [0.2, 0.25) is 0 Å². The van der Waals surface area contributed by atoms with Gasteiger partial charge < -0.3 is 10.4 Å². The summed E-state index contributed by atoms with van der Waals surface area (Å²) < 4.78 is 0. The van der Waals surface area contributed by atoms with Crippen LogP contribution in [0.1, 0.15) is 25.7 Å². The lowest BCUT2D eigenvalue weighted by atomic mass is 9.81. The molecule has 2 atom stereocenters. The van der Waals surface area contributed by atoms with Gasteiger partial charge in [-0.3, -0.25) is 4.79 Å². The van der Waals surface area contributed by atoms with Gasteiger partial charge in [0.1, 0.15) is 5.76 Å². The lowest BCUT2D eigenvalue weighted by Crippen LogP contribution is -2.45. The van der Waals surface area contributed by atoms with Crippen molar-refractivity contribution in [2.45, 2.75) is 31.7 Å². The molecule has 1 fully saturated rings. The number of carbonyl (C=O) groups excluding carboxylic acids is 1. The number of rotatable bonds is 0. The predicted molar refractivity (Wildman–Crippen MR) is 44.6 cm³/mol. The van der Waals surface area contributed by atoms with E-state index in [4.69, 9.17) is 0 Å². The predicted octanol–water partition coefficient (Wildman–Crippen LogP) is 1.12. The lowest BCUT2D eigenvalue weighted by molar-refractivity contribution is -0.118. The number of amides is 1. The Morgan fingerprint density at radius 1 is 1.42 bits per heavy atom. The van der Waals surface area contributed by atoms with Gasteiger partial charge in [-0.1, -0.05) is 12.8 Å². The molecule has 3 heteroatoms. The summed E-state index contributed by atoms with van der Waals surface area (Å²) in [6.07, 6.45) is 5.65. The fraction of sp³-hybridized carbons (Fsp3) is 0.667. The fourth-order valence-corrected chi connectivity index (χ4v) is 2.12. The van der Waals surface area contributed by atoms with Crippen LogP contribution in [0.4, 0.5) is 0 Å². The van der Waals surface area contributed by atoms with Crippen LogP contribution in [-0.4, -0.2) is 17.1 Å². The maximum atomic E-state index is 11.0. The summed E-state index contributed by atoms with van der Waals surface area (Å²) in [7, 11) is 0. The zero-order valence-electron chi connectivity index (χ0n) is 6.92. The average Bonchev–Trinajstić information content (AvgIpc) is 2.04. The van der Waals surface area contributed by atoms with Gasteiger partial charge in [0.2, 0.25) is 5.91 Å². The van der Waals surface area contributed by atoms with Crippen LogP contribution in [-0.2, 0) is 4.79 Å². The monoisotopic (exact) mass is 167 g/mol. The van der Waals surface area contributed by atoms with Crippen molar-refractivity contribution in [3.05, 3.63) is 11.8 Å². The summed E-state index contributed by atoms with van der Waals surface area (Å²) in [5, 5.41) is 12.3. The first-order valence-electron chi connectivity index (χ1n) is 4.48. The van der Waals surface area contributed by atoms with E-state index < -0.39 is 0 Å². The van der Waals surface area contributed by atoms with Crippen LogP contribution in [0.25, 0.3) is 0 Å². The average molecular weight is 167 g/mol. The van der Waals surface area contributed by atoms with Gasteiger partial charge in [0.25, 0.3) is 0 Å².